The van der Waals surface area contributed by atoms with Crippen LogP contribution in [0.1, 0.15) is 36.2 Å². The number of halogens is 1. The molecule has 0 fully saturated rings. The standard InChI is InChI=1S/C29H34ClN3O4/c1-19(2)15-16-33(28(35)21-13-14-25(36-3)27(37-4)26(21)30)18-29(17-20-9-5-8-12-24(20)34)31-22-10-6-7-11-23(22)32-29/h5-14,19,31-32,34H,15-18H2,1-4H3. The molecule has 1 aliphatic heterocycles. The molecule has 7 nitrogen and oxygen atoms in total. The SMILES string of the molecule is COc1ccc(C(=O)N(CCC(C)C)CC2(Cc3ccccc3O)Nc3ccccc3N2)c(Cl)c1OC. The Morgan fingerprint density at radius 3 is 2.24 bits per heavy atom. The third kappa shape index (κ3) is 5.72. The van der Waals surface area contributed by atoms with E-state index in [1.54, 1.807) is 24.3 Å². The largest absolute Gasteiger partial charge is 0.508 e. The van der Waals surface area contributed by atoms with Crippen molar-refractivity contribution >= 4 is 28.9 Å². The second kappa shape index (κ2) is 11.2. The number of phenolic OH excluding ortho intramolecular Hbond substituents is 1. The Bertz CT molecular complexity index is 1240. The summed E-state index contributed by atoms with van der Waals surface area (Å²) >= 11 is 6.65. The van der Waals surface area contributed by atoms with E-state index in [1.165, 1.54) is 14.2 Å². The molecular formula is C29H34ClN3O4. The fourth-order valence-electron chi connectivity index (χ4n) is 4.67. The third-order valence-corrected chi connectivity index (χ3v) is 6.97. The van der Waals surface area contributed by atoms with Gasteiger partial charge in [0.1, 0.15) is 11.4 Å². The summed E-state index contributed by atoms with van der Waals surface area (Å²) in [6.45, 7) is 5.12. The van der Waals surface area contributed by atoms with Crippen LogP contribution in [-0.2, 0) is 6.42 Å². The highest BCUT2D eigenvalue weighted by molar-refractivity contribution is 6.35. The molecule has 1 heterocycles. The minimum atomic E-state index is -0.752. The fourth-order valence-corrected chi connectivity index (χ4v) is 4.99. The van der Waals surface area contributed by atoms with Gasteiger partial charge in [-0.2, -0.15) is 0 Å². The molecular weight excluding hydrogens is 490 g/mol. The number of hydrogen-bond acceptors (Lipinski definition) is 6. The van der Waals surface area contributed by atoms with E-state index in [0.717, 1.165) is 23.4 Å². The Hall–Kier alpha value is -3.58. The number of aromatic hydroxyl groups is 1. The number of nitrogens with one attached hydrogen (secondary N) is 2. The van der Waals surface area contributed by atoms with Gasteiger partial charge in [-0.3, -0.25) is 4.79 Å². The summed E-state index contributed by atoms with van der Waals surface area (Å²) in [6, 6.07) is 18.6. The maximum atomic E-state index is 14.0. The molecule has 3 aromatic rings. The lowest BCUT2D eigenvalue weighted by Gasteiger charge is -2.37. The zero-order chi connectivity index (χ0) is 26.6. The Morgan fingerprint density at radius 2 is 1.65 bits per heavy atom. The molecule has 196 valence electrons. The molecule has 4 rings (SSSR count). The van der Waals surface area contributed by atoms with E-state index >= 15 is 0 Å². The van der Waals surface area contributed by atoms with Gasteiger partial charge in [0.25, 0.3) is 5.91 Å². The molecule has 0 spiro atoms. The average molecular weight is 524 g/mol. The van der Waals surface area contributed by atoms with Crippen LogP contribution >= 0.6 is 11.6 Å². The highest BCUT2D eigenvalue weighted by Crippen LogP contribution is 2.40. The van der Waals surface area contributed by atoms with Crippen molar-refractivity contribution in [1.82, 2.24) is 4.90 Å². The van der Waals surface area contributed by atoms with Crippen LogP contribution in [0, 0.1) is 5.92 Å². The lowest BCUT2D eigenvalue weighted by molar-refractivity contribution is 0.0721. The van der Waals surface area contributed by atoms with Crippen molar-refractivity contribution in [3.8, 4) is 17.2 Å². The Morgan fingerprint density at radius 1 is 1.00 bits per heavy atom. The van der Waals surface area contributed by atoms with Crippen LogP contribution in [0.3, 0.4) is 0 Å². The molecule has 0 bridgehead atoms. The van der Waals surface area contributed by atoms with E-state index in [4.69, 9.17) is 21.1 Å². The highest BCUT2D eigenvalue weighted by atomic mass is 35.5. The number of phenols is 1. The number of methoxy groups -OCH3 is 2. The molecule has 37 heavy (non-hydrogen) atoms. The van der Waals surface area contributed by atoms with Gasteiger partial charge in [-0.25, -0.2) is 0 Å². The van der Waals surface area contributed by atoms with Crippen LogP contribution in [0.5, 0.6) is 17.2 Å². The number of carbonyl (C=O) groups is 1. The predicted octanol–water partition coefficient (Wildman–Crippen LogP) is 6.03. The molecule has 0 aliphatic carbocycles. The Balaban J connectivity index is 1.72. The van der Waals surface area contributed by atoms with Gasteiger partial charge in [0.05, 0.1) is 42.7 Å². The first-order valence-corrected chi connectivity index (χ1v) is 12.8. The summed E-state index contributed by atoms with van der Waals surface area (Å²) in [5.41, 5.74) is 2.25. The molecule has 1 aliphatic rings. The third-order valence-electron chi connectivity index (χ3n) is 6.60. The zero-order valence-electron chi connectivity index (χ0n) is 21.7. The smallest absolute Gasteiger partial charge is 0.255 e. The lowest BCUT2D eigenvalue weighted by Crippen LogP contribution is -2.55. The number of hydrogen-bond donors (Lipinski definition) is 3. The van der Waals surface area contributed by atoms with Crippen LogP contribution in [0.2, 0.25) is 5.02 Å². The number of anilines is 2. The van der Waals surface area contributed by atoms with Crippen molar-refractivity contribution < 1.29 is 19.4 Å². The number of ether oxygens (including phenoxy) is 2. The number of fused-ring (bicyclic) bond motifs is 1. The highest BCUT2D eigenvalue weighted by Gasteiger charge is 2.40. The van der Waals surface area contributed by atoms with Crippen molar-refractivity contribution in [2.75, 3.05) is 37.9 Å². The molecule has 0 atom stereocenters. The molecule has 3 N–H and O–H groups in total. The number of carbonyl (C=O) groups excluding carboxylic acids is 1. The van der Waals surface area contributed by atoms with Gasteiger partial charge in [0.15, 0.2) is 11.5 Å². The Kier molecular flexibility index (Phi) is 8.03. The average Bonchev–Trinajstić information content (AvgIpc) is 3.25. The summed E-state index contributed by atoms with van der Waals surface area (Å²) in [5.74, 6) is 1.19. The normalized spacial score (nSPS) is 13.5. The van der Waals surface area contributed by atoms with Crippen LogP contribution in [0.15, 0.2) is 60.7 Å². The summed E-state index contributed by atoms with van der Waals surface area (Å²) in [4.78, 5) is 15.8. The minimum Gasteiger partial charge on any atom is -0.508 e. The van der Waals surface area contributed by atoms with E-state index in [9.17, 15) is 9.90 Å². The molecule has 3 aromatic carbocycles. The van der Waals surface area contributed by atoms with E-state index in [0.29, 0.717) is 42.5 Å². The van der Waals surface area contributed by atoms with Gasteiger partial charge in [0, 0.05) is 13.0 Å². The van der Waals surface area contributed by atoms with Gasteiger partial charge in [-0.1, -0.05) is 55.8 Å². The predicted molar refractivity (Wildman–Crippen MR) is 148 cm³/mol. The molecule has 1 amide bonds. The van der Waals surface area contributed by atoms with Gasteiger partial charge >= 0.3 is 0 Å². The summed E-state index contributed by atoms with van der Waals surface area (Å²) in [5, 5.41) is 18.0. The second-order valence-electron chi connectivity index (χ2n) is 9.76. The molecule has 0 radical (unpaired) electrons. The van der Waals surface area contributed by atoms with E-state index in [-0.39, 0.29) is 16.7 Å². The summed E-state index contributed by atoms with van der Waals surface area (Å²) in [6.07, 6.45) is 1.26. The monoisotopic (exact) mass is 523 g/mol. The van der Waals surface area contributed by atoms with Crippen molar-refractivity contribution in [3.63, 3.8) is 0 Å². The van der Waals surface area contributed by atoms with Gasteiger partial charge in [0.2, 0.25) is 0 Å². The number of amides is 1. The lowest BCUT2D eigenvalue weighted by atomic mass is 9.97. The van der Waals surface area contributed by atoms with Crippen LogP contribution < -0.4 is 20.1 Å². The summed E-state index contributed by atoms with van der Waals surface area (Å²) in [7, 11) is 3.03. The fraction of sp³-hybridized carbons (Fsp3) is 0.345. The van der Waals surface area contributed by atoms with E-state index < -0.39 is 5.66 Å². The number of benzene rings is 3. The molecule has 8 heteroatoms. The van der Waals surface area contributed by atoms with Crippen molar-refractivity contribution in [3.05, 3.63) is 76.8 Å². The topological polar surface area (TPSA) is 83.1 Å². The van der Waals surface area contributed by atoms with Gasteiger partial charge in [-0.15, -0.1) is 0 Å². The van der Waals surface area contributed by atoms with Crippen molar-refractivity contribution in [2.45, 2.75) is 32.4 Å². The van der Waals surface area contributed by atoms with Crippen LogP contribution in [0.25, 0.3) is 0 Å². The first-order valence-electron chi connectivity index (χ1n) is 12.4. The molecule has 0 saturated carbocycles. The number of para-hydroxylation sites is 3. The first kappa shape index (κ1) is 26.5. The van der Waals surface area contributed by atoms with Crippen LogP contribution in [-0.4, -0.2) is 48.9 Å². The first-order chi connectivity index (χ1) is 17.8. The van der Waals surface area contributed by atoms with Crippen molar-refractivity contribution in [1.29, 1.82) is 0 Å². The van der Waals surface area contributed by atoms with E-state index in [1.807, 2.05) is 41.3 Å². The molecule has 0 unspecified atom stereocenters. The number of rotatable bonds is 10. The van der Waals surface area contributed by atoms with Crippen LogP contribution in [0.4, 0.5) is 11.4 Å². The molecule has 0 aromatic heterocycles. The van der Waals surface area contributed by atoms with Gasteiger partial charge < -0.3 is 30.1 Å². The second-order valence-corrected chi connectivity index (χ2v) is 10.1. The molecule has 0 saturated heterocycles. The maximum absolute atomic E-state index is 14.0. The van der Waals surface area contributed by atoms with Gasteiger partial charge in [-0.05, 0) is 48.2 Å². The zero-order valence-corrected chi connectivity index (χ0v) is 22.4. The van der Waals surface area contributed by atoms with E-state index in [2.05, 4.69) is 24.5 Å². The maximum Gasteiger partial charge on any atom is 0.255 e. The summed E-state index contributed by atoms with van der Waals surface area (Å²) < 4.78 is 10.8. The quantitative estimate of drug-likeness (QED) is 0.301. The minimum absolute atomic E-state index is 0.206. The Labute approximate surface area is 223 Å². The van der Waals surface area contributed by atoms with Crippen molar-refractivity contribution in [2.24, 2.45) is 5.92 Å². The number of nitrogens with zero attached hydrogens (tertiary/aromatic N) is 1.